The maximum Gasteiger partial charge on any atom is 0.0553 e. The van der Waals surface area contributed by atoms with Crippen LogP contribution in [0, 0.1) is 12.8 Å². The smallest absolute Gasteiger partial charge is 0.0553 e. The van der Waals surface area contributed by atoms with Crippen LogP contribution in [0.5, 0.6) is 0 Å². The van der Waals surface area contributed by atoms with Crippen molar-refractivity contribution in [1.82, 2.24) is 10.3 Å². The van der Waals surface area contributed by atoms with Crippen molar-refractivity contribution >= 4 is 23.8 Å². The molecule has 2 heterocycles. The largest absolute Gasteiger partial charge is 0.317 e. The molecule has 1 N–H and O–H groups in total. The van der Waals surface area contributed by atoms with E-state index in [1.165, 1.54) is 40.8 Å². The van der Waals surface area contributed by atoms with Crippen LogP contribution in [0.3, 0.4) is 0 Å². The number of halogens is 1. The third-order valence-electron chi connectivity index (χ3n) is 5.06. The van der Waals surface area contributed by atoms with E-state index in [0.29, 0.717) is 11.8 Å². The molecule has 1 aromatic carbocycles. The van der Waals surface area contributed by atoms with Crippen LogP contribution in [0.15, 0.2) is 30.5 Å². The van der Waals surface area contributed by atoms with Gasteiger partial charge in [0.1, 0.15) is 0 Å². The van der Waals surface area contributed by atoms with Gasteiger partial charge in [0.15, 0.2) is 0 Å². The van der Waals surface area contributed by atoms with Gasteiger partial charge in [-0.25, -0.2) is 0 Å². The van der Waals surface area contributed by atoms with Crippen molar-refractivity contribution in [3.63, 3.8) is 0 Å². The van der Waals surface area contributed by atoms with Crippen molar-refractivity contribution in [3.8, 4) is 0 Å². The van der Waals surface area contributed by atoms with Gasteiger partial charge in [-0.2, -0.15) is 0 Å². The van der Waals surface area contributed by atoms with Crippen LogP contribution in [0.2, 0.25) is 5.02 Å². The van der Waals surface area contributed by atoms with Gasteiger partial charge in [0.25, 0.3) is 0 Å². The average Bonchev–Trinajstić information content (AvgIpc) is 2.72. The number of benzene rings is 1. The molecule has 1 aromatic heterocycles. The molecule has 1 fully saturated rings. The minimum Gasteiger partial charge on any atom is -0.317 e. The summed E-state index contributed by atoms with van der Waals surface area (Å²) < 4.78 is 0. The average molecular weight is 325 g/mol. The Morgan fingerprint density at radius 1 is 1.09 bits per heavy atom. The second-order valence-corrected chi connectivity index (χ2v) is 7.10. The van der Waals surface area contributed by atoms with E-state index in [9.17, 15) is 0 Å². The molecule has 1 aliphatic heterocycles. The van der Waals surface area contributed by atoms with E-state index in [-0.39, 0.29) is 0 Å². The third kappa shape index (κ3) is 2.82. The summed E-state index contributed by atoms with van der Waals surface area (Å²) >= 11 is 6.24. The minimum absolute atomic E-state index is 0.356. The van der Waals surface area contributed by atoms with Crippen LogP contribution in [0.25, 0.3) is 12.2 Å². The lowest BCUT2D eigenvalue weighted by Crippen LogP contribution is -2.32. The molecule has 0 saturated carbocycles. The summed E-state index contributed by atoms with van der Waals surface area (Å²) in [5.74, 6) is 0.986. The third-order valence-corrected chi connectivity index (χ3v) is 5.30. The summed E-state index contributed by atoms with van der Waals surface area (Å²) in [7, 11) is 0. The van der Waals surface area contributed by atoms with Gasteiger partial charge in [-0.05, 0) is 79.2 Å². The molecule has 1 aliphatic carbocycles. The van der Waals surface area contributed by atoms with E-state index in [4.69, 9.17) is 16.6 Å². The fraction of sp³-hybridized carbons (Fsp3) is 0.350. The highest BCUT2D eigenvalue weighted by atomic mass is 35.5. The molecule has 2 nitrogen and oxygen atoms in total. The molecule has 1 saturated heterocycles. The minimum atomic E-state index is 0.356. The quantitative estimate of drug-likeness (QED) is 0.825. The van der Waals surface area contributed by atoms with Gasteiger partial charge in [-0.3, -0.25) is 4.98 Å². The predicted octanol–water partition coefficient (Wildman–Crippen LogP) is 4.66. The van der Waals surface area contributed by atoms with Crippen molar-refractivity contribution in [2.45, 2.75) is 25.7 Å². The molecule has 3 heteroatoms. The molecule has 0 amide bonds. The van der Waals surface area contributed by atoms with Gasteiger partial charge in [0.05, 0.1) is 5.69 Å². The fourth-order valence-electron chi connectivity index (χ4n) is 3.95. The molecular formula is C20H21ClN2. The van der Waals surface area contributed by atoms with Gasteiger partial charge in [-0.1, -0.05) is 29.8 Å². The number of fused-ring (bicyclic) bond motifs is 2. The zero-order valence-electron chi connectivity index (χ0n) is 13.3. The van der Waals surface area contributed by atoms with Crippen LogP contribution in [0.4, 0.5) is 0 Å². The normalized spacial score (nSPS) is 20.7. The van der Waals surface area contributed by atoms with E-state index < -0.39 is 0 Å². The molecule has 2 aliphatic rings. The number of rotatable bonds is 1. The molecule has 1 atom stereocenters. The Kier molecular flexibility index (Phi) is 3.96. The number of hydrogen-bond donors (Lipinski definition) is 1. The molecule has 1 unspecified atom stereocenters. The number of nitrogens with zero attached hydrogens (tertiary/aromatic N) is 1. The first-order chi connectivity index (χ1) is 11.2. The molecule has 4 rings (SSSR count). The Morgan fingerprint density at radius 2 is 1.87 bits per heavy atom. The molecule has 0 radical (unpaired) electrons. The van der Waals surface area contributed by atoms with Gasteiger partial charge in [0.2, 0.25) is 0 Å². The second-order valence-electron chi connectivity index (χ2n) is 6.66. The van der Waals surface area contributed by atoms with Crippen molar-refractivity contribution in [1.29, 1.82) is 0 Å². The van der Waals surface area contributed by atoms with Crippen molar-refractivity contribution in [2.24, 2.45) is 5.92 Å². The number of hydrogen-bond acceptors (Lipinski definition) is 2. The SMILES string of the molecule is Cc1cnc2c(c1)C=Cc1cc(Cl)ccc1C2C1CCNCC1. The second kappa shape index (κ2) is 6.10. The fourth-order valence-corrected chi connectivity index (χ4v) is 4.13. The topological polar surface area (TPSA) is 24.9 Å². The van der Waals surface area contributed by atoms with Gasteiger partial charge >= 0.3 is 0 Å². The van der Waals surface area contributed by atoms with Crippen LogP contribution in [-0.2, 0) is 0 Å². The monoisotopic (exact) mass is 324 g/mol. The number of piperidine rings is 1. The molecule has 0 bridgehead atoms. The lowest BCUT2D eigenvalue weighted by molar-refractivity contribution is 0.339. The molecule has 118 valence electrons. The standard InChI is InChI=1S/C20H21ClN2/c1-13-10-16-3-2-15-11-17(21)4-5-18(15)19(20(16)23-12-13)14-6-8-22-9-7-14/h2-5,10-12,14,19,22H,6-9H2,1H3. The molecule has 2 aromatic rings. The first-order valence-corrected chi connectivity index (χ1v) is 8.75. The zero-order valence-corrected chi connectivity index (χ0v) is 14.1. The van der Waals surface area contributed by atoms with Crippen LogP contribution in [-0.4, -0.2) is 18.1 Å². The van der Waals surface area contributed by atoms with E-state index in [1.54, 1.807) is 0 Å². The van der Waals surface area contributed by atoms with Crippen LogP contribution < -0.4 is 5.32 Å². The van der Waals surface area contributed by atoms with Crippen molar-refractivity contribution in [2.75, 3.05) is 13.1 Å². The van der Waals surface area contributed by atoms with Crippen LogP contribution in [0.1, 0.15) is 46.7 Å². The highest BCUT2D eigenvalue weighted by molar-refractivity contribution is 6.30. The lowest BCUT2D eigenvalue weighted by Gasteiger charge is -2.32. The number of pyridine rings is 1. The highest BCUT2D eigenvalue weighted by Crippen LogP contribution is 2.42. The Labute approximate surface area is 142 Å². The van der Waals surface area contributed by atoms with Crippen molar-refractivity contribution in [3.05, 3.63) is 63.4 Å². The molecular weight excluding hydrogens is 304 g/mol. The van der Waals surface area contributed by atoms with Gasteiger partial charge in [0, 0.05) is 17.1 Å². The summed E-state index contributed by atoms with van der Waals surface area (Å²) in [5, 5.41) is 4.28. The van der Waals surface area contributed by atoms with Gasteiger partial charge < -0.3 is 5.32 Å². The van der Waals surface area contributed by atoms with Gasteiger partial charge in [-0.15, -0.1) is 0 Å². The summed E-state index contributed by atoms with van der Waals surface area (Å²) in [6.07, 6.45) is 8.79. The molecule has 0 spiro atoms. The predicted molar refractivity (Wildman–Crippen MR) is 96.8 cm³/mol. The first-order valence-electron chi connectivity index (χ1n) is 8.37. The Morgan fingerprint density at radius 3 is 2.70 bits per heavy atom. The van der Waals surface area contributed by atoms with E-state index >= 15 is 0 Å². The lowest BCUT2D eigenvalue weighted by atomic mass is 9.76. The maximum absolute atomic E-state index is 6.24. The maximum atomic E-state index is 6.24. The summed E-state index contributed by atoms with van der Waals surface area (Å²) in [4.78, 5) is 4.85. The Balaban J connectivity index is 1.90. The summed E-state index contributed by atoms with van der Waals surface area (Å²) in [6.45, 7) is 4.30. The summed E-state index contributed by atoms with van der Waals surface area (Å²) in [5.41, 5.74) is 6.28. The van der Waals surface area contributed by atoms with E-state index in [1.807, 2.05) is 12.3 Å². The number of aromatic nitrogens is 1. The first kappa shape index (κ1) is 14.9. The Hall–Kier alpha value is -1.64. The van der Waals surface area contributed by atoms with E-state index in [0.717, 1.165) is 18.1 Å². The highest BCUT2D eigenvalue weighted by Gasteiger charge is 2.31. The summed E-state index contributed by atoms with van der Waals surface area (Å²) in [6, 6.07) is 8.55. The zero-order chi connectivity index (χ0) is 15.8. The Bertz CT molecular complexity index is 705. The number of aryl methyl sites for hydroxylation is 1. The number of nitrogens with one attached hydrogen (secondary N) is 1. The molecule has 23 heavy (non-hydrogen) atoms. The van der Waals surface area contributed by atoms with Crippen LogP contribution >= 0.6 is 11.6 Å². The van der Waals surface area contributed by atoms with Crippen molar-refractivity contribution < 1.29 is 0 Å². The van der Waals surface area contributed by atoms with E-state index in [2.05, 4.69) is 42.6 Å².